The highest BCUT2D eigenvalue weighted by atomic mass is 32.2. The third-order valence-corrected chi connectivity index (χ3v) is 3.43. The predicted octanol–water partition coefficient (Wildman–Crippen LogP) is -0.196. The SMILES string of the molecule is CC(O)CNS(=O)(=O)c1cccc(CN)c1. The molecule has 0 aliphatic heterocycles. The van der Waals surface area contributed by atoms with Gasteiger partial charge in [-0.1, -0.05) is 12.1 Å². The molecular formula is C10H16N2O3S. The highest BCUT2D eigenvalue weighted by Crippen LogP contribution is 2.10. The molecule has 0 fully saturated rings. The molecule has 5 nitrogen and oxygen atoms in total. The molecular weight excluding hydrogens is 228 g/mol. The van der Waals surface area contributed by atoms with Crippen LogP contribution in [0, 0.1) is 0 Å². The quantitative estimate of drug-likeness (QED) is 0.669. The largest absolute Gasteiger partial charge is 0.392 e. The third-order valence-electron chi connectivity index (χ3n) is 2.01. The Kier molecular flexibility index (Phi) is 4.43. The summed E-state index contributed by atoms with van der Waals surface area (Å²) >= 11 is 0. The summed E-state index contributed by atoms with van der Waals surface area (Å²) in [5.74, 6) is 0. The van der Waals surface area contributed by atoms with E-state index in [4.69, 9.17) is 10.8 Å². The monoisotopic (exact) mass is 244 g/mol. The summed E-state index contributed by atoms with van der Waals surface area (Å²) < 4.78 is 25.8. The maximum Gasteiger partial charge on any atom is 0.240 e. The summed E-state index contributed by atoms with van der Waals surface area (Å²) in [4.78, 5) is 0.163. The van der Waals surface area contributed by atoms with Crippen molar-refractivity contribution >= 4 is 10.0 Å². The van der Waals surface area contributed by atoms with Crippen molar-refractivity contribution in [2.75, 3.05) is 6.54 Å². The number of hydrogen-bond donors (Lipinski definition) is 3. The van der Waals surface area contributed by atoms with Crippen molar-refractivity contribution in [3.63, 3.8) is 0 Å². The standard InChI is InChI=1S/C10H16N2O3S/c1-8(13)7-12-16(14,15)10-4-2-3-9(5-10)6-11/h2-5,8,12-13H,6-7,11H2,1H3. The number of sulfonamides is 1. The fraction of sp³-hybridized carbons (Fsp3) is 0.400. The molecule has 0 saturated heterocycles. The van der Waals surface area contributed by atoms with E-state index < -0.39 is 16.1 Å². The first kappa shape index (κ1) is 13.1. The van der Waals surface area contributed by atoms with Gasteiger partial charge in [0.25, 0.3) is 0 Å². The van der Waals surface area contributed by atoms with Crippen LogP contribution in [0.4, 0.5) is 0 Å². The van der Waals surface area contributed by atoms with Gasteiger partial charge in [-0.3, -0.25) is 0 Å². The molecule has 4 N–H and O–H groups in total. The summed E-state index contributed by atoms with van der Waals surface area (Å²) in [5.41, 5.74) is 6.18. The number of aliphatic hydroxyl groups excluding tert-OH is 1. The number of hydrogen-bond acceptors (Lipinski definition) is 4. The van der Waals surface area contributed by atoms with Gasteiger partial charge in [0.1, 0.15) is 0 Å². The van der Waals surface area contributed by atoms with Crippen LogP contribution < -0.4 is 10.5 Å². The number of benzene rings is 1. The molecule has 6 heteroatoms. The highest BCUT2D eigenvalue weighted by molar-refractivity contribution is 7.89. The first-order valence-electron chi connectivity index (χ1n) is 4.92. The van der Waals surface area contributed by atoms with E-state index in [-0.39, 0.29) is 11.4 Å². The molecule has 1 rings (SSSR count). The van der Waals surface area contributed by atoms with Gasteiger partial charge in [0.05, 0.1) is 11.0 Å². The lowest BCUT2D eigenvalue weighted by Gasteiger charge is -2.09. The van der Waals surface area contributed by atoms with Gasteiger partial charge in [-0.25, -0.2) is 13.1 Å². The van der Waals surface area contributed by atoms with E-state index in [2.05, 4.69) is 4.72 Å². The van der Waals surface area contributed by atoms with Gasteiger partial charge in [0.2, 0.25) is 10.0 Å². The molecule has 1 unspecified atom stereocenters. The van der Waals surface area contributed by atoms with Crippen LogP contribution in [0.1, 0.15) is 12.5 Å². The summed E-state index contributed by atoms with van der Waals surface area (Å²) in [7, 11) is -3.55. The number of aliphatic hydroxyl groups is 1. The van der Waals surface area contributed by atoms with E-state index in [1.165, 1.54) is 19.1 Å². The van der Waals surface area contributed by atoms with Crippen molar-refractivity contribution in [1.82, 2.24) is 4.72 Å². The molecule has 1 aromatic carbocycles. The highest BCUT2D eigenvalue weighted by Gasteiger charge is 2.14. The van der Waals surface area contributed by atoms with Gasteiger partial charge in [0.15, 0.2) is 0 Å². The summed E-state index contributed by atoms with van der Waals surface area (Å²) in [5, 5.41) is 9.02. The lowest BCUT2D eigenvalue weighted by atomic mass is 10.2. The van der Waals surface area contributed by atoms with Crippen LogP contribution in [0.15, 0.2) is 29.2 Å². The average molecular weight is 244 g/mol. The molecule has 0 aromatic heterocycles. The minimum Gasteiger partial charge on any atom is -0.392 e. The zero-order valence-corrected chi connectivity index (χ0v) is 9.87. The van der Waals surface area contributed by atoms with Gasteiger partial charge in [0, 0.05) is 13.1 Å². The average Bonchev–Trinajstić information content (AvgIpc) is 2.27. The van der Waals surface area contributed by atoms with Crippen molar-refractivity contribution in [3.05, 3.63) is 29.8 Å². The van der Waals surface area contributed by atoms with Crippen molar-refractivity contribution in [2.45, 2.75) is 24.5 Å². The van der Waals surface area contributed by atoms with Crippen molar-refractivity contribution < 1.29 is 13.5 Å². The molecule has 0 spiro atoms. The molecule has 1 aromatic rings. The normalized spacial score (nSPS) is 13.7. The van der Waals surface area contributed by atoms with Crippen LogP contribution in [-0.4, -0.2) is 26.2 Å². The first-order chi connectivity index (χ1) is 7.45. The number of rotatable bonds is 5. The molecule has 0 heterocycles. The fourth-order valence-electron chi connectivity index (χ4n) is 1.15. The van der Waals surface area contributed by atoms with E-state index >= 15 is 0 Å². The van der Waals surface area contributed by atoms with Crippen LogP contribution in [0.2, 0.25) is 0 Å². The van der Waals surface area contributed by atoms with Gasteiger partial charge in [-0.15, -0.1) is 0 Å². The molecule has 90 valence electrons. The predicted molar refractivity (Wildman–Crippen MR) is 61.2 cm³/mol. The van der Waals surface area contributed by atoms with Crippen LogP contribution in [0.3, 0.4) is 0 Å². The Bertz CT molecular complexity index is 443. The molecule has 0 aliphatic rings. The lowest BCUT2D eigenvalue weighted by molar-refractivity contribution is 0.198. The minimum absolute atomic E-state index is 0.00478. The third kappa shape index (κ3) is 3.57. The van der Waals surface area contributed by atoms with Crippen molar-refractivity contribution in [2.24, 2.45) is 5.73 Å². The molecule has 16 heavy (non-hydrogen) atoms. The van der Waals surface area contributed by atoms with Gasteiger partial charge >= 0.3 is 0 Å². The zero-order chi connectivity index (χ0) is 12.2. The van der Waals surface area contributed by atoms with Gasteiger partial charge < -0.3 is 10.8 Å². The Morgan fingerprint density at radius 3 is 2.75 bits per heavy atom. The first-order valence-corrected chi connectivity index (χ1v) is 6.41. The Balaban J connectivity index is 2.89. The summed E-state index contributed by atoms with van der Waals surface area (Å²) in [6.07, 6.45) is -0.715. The second-order valence-electron chi connectivity index (χ2n) is 3.55. The molecule has 0 radical (unpaired) electrons. The fourth-order valence-corrected chi connectivity index (χ4v) is 2.34. The molecule has 0 saturated carbocycles. The molecule has 0 bridgehead atoms. The van der Waals surface area contributed by atoms with Crippen LogP contribution in [0.25, 0.3) is 0 Å². The van der Waals surface area contributed by atoms with Gasteiger partial charge in [-0.2, -0.15) is 0 Å². The Morgan fingerprint density at radius 2 is 2.19 bits per heavy atom. The lowest BCUT2D eigenvalue weighted by Crippen LogP contribution is -2.30. The second-order valence-corrected chi connectivity index (χ2v) is 5.32. The van der Waals surface area contributed by atoms with Crippen molar-refractivity contribution in [1.29, 1.82) is 0 Å². The zero-order valence-electron chi connectivity index (χ0n) is 9.05. The Morgan fingerprint density at radius 1 is 1.50 bits per heavy atom. The maximum atomic E-state index is 11.7. The van der Waals surface area contributed by atoms with Gasteiger partial charge in [-0.05, 0) is 24.6 Å². The molecule has 1 atom stereocenters. The summed E-state index contributed by atoms with van der Waals surface area (Å²) in [6, 6.07) is 6.40. The smallest absolute Gasteiger partial charge is 0.240 e. The van der Waals surface area contributed by atoms with Crippen LogP contribution in [-0.2, 0) is 16.6 Å². The van der Waals surface area contributed by atoms with E-state index in [0.717, 1.165) is 5.56 Å². The van der Waals surface area contributed by atoms with E-state index in [1.807, 2.05) is 0 Å². The van der Waals surface area contributed by atoms with E-state index in [1.54, 1.807) is 12.1 Å². The second kappa shape index (κ2) is 5.40. The van der Waals surface area contributed by atoms with Crippen LogP contribution in [0.5, 0.6) is 0 Å². The van der Waals surface area contributed by atoms with Crippen molar-refractivity contribution in [3.8, 4) is 0 Å². The number of nitrogens with one attached hydrogen (secondary N) is 1. The Hall–Kier alpha value is -0.950. The molecule has 0 amide bonds. The maximum absolute atomic E-state index is 11.7. The minimum atomic E-state index is -3.55. The van der Waals surface area contributed by atoms with E-state index in [0.29, 0.717) is 6.54 Å². The molecule has 0 aliphatic carbocycles. The number of nitrogens with two attached hydrogens (primary N) is 1. The van der Waals surface area contributed by atoms with Crippen LogP contribution >= 0.6 is 0 Å². The van der Waals surface area contributed by atoms with E-state index in [9.17, 15) is 8.42 Å². The topological polar surface area (TPSA) is 92.4 Å². The summed E-state index contributed by atoms with van der Waals surface area (Å²) in [6.45, 7) is 1.80. The Labute approximate surface area is 95.3 Å².